The number of nitrogens with one attached hydrogen (secondary N) is 1. The monoisotopic (exact) mass is 769 g/mol. The van der Waals surface area contributed by atoms with Gasteiger partial charge in [-0.25, -0.2) is 28.7 Å². The van der Waals surface area contributed by atoms with Crippen LogP contribution in [0.3, 0.4) is 0 Å². The number of nitrogens with zero attached hydrogens (tertiary/aromatic N) is 4. The molecular formula is C41H41F2N5O8. The summed E-state index contributed by atoms with van der Waals surface area (Å²) in [6, 6.07) is 11.6. The first kappa shape index (κ1) is 40.8. The third-order valence-corrected chi connectivity index (χ3v) is 7.75. The van der Waals surface area contributed by atoms with E-state index in [0.29, 0.717) is 34.1 Å². The van der Waals surface area contributed by atoms with Gasteiger partial charge in [0.25, 0.3) is 5.56 Å². The Hall–Kier alpha value is -6.38. The van der Waals surface area contributed by atoms with E-state index >= 15 is 0 Å². The minimum atomic E-state index is -0.634. The standard InChI is InChI=1S/C21H21FN2O4.C20H20FN3O4/c1-12-17(25)11-15-18(7-8-23-20(15)24-12)27-14-6-5-13(16(22)10-14)9-19(26)28-21(2,3)4;1-11-19(26)24-18-17(23-11)15(7-8-22-18)27-13-6-5-12(14(21)10-13)9-16(25)28-20(2,3)4/h5-8,10H,9,11H2,1-4H3;5-8,10H,9H2,1-4H3,(H,22,24,26). The van der Waals surface area contributed by atoms with E-state index in [4.69, 9.17) is 18.9 Å². The second kappa shape index (κ2) is 16.6. The smallest absolute Gasteiger partial charge is 0.310 e. The van der Waals surface area contributed by atoms with Gasteiger partial charge in [-0.3, -0.25) is 19.2 Å². The number of hydrogen-bond acceptors (Lipinski definition) is 12. The number of rotatable bonds is 8. The number of benzene rings is 2. The van der Waals surface area contributed by atoms with Crippen molar-refractivity contribution < 1.29 is 42.1 Å². The normalized spacial score (nSPS) is 12.5. The van der Waals surface area contributed by atoms with Gasteiger partial charge in [-0.2, -0.15) is 0 Å². The molecule has 13 nitrogen and oxygen atoms in total. The Kier molecular flexibility index (Phi) is 12.1. The Bertz CT molecular complexity index is 2410. The average molecular weight is 770 g/mol. The molecule has 56 heavy (non-hydrogen) atoms. The van der Waals surface area contributed by atoms with Crippen molar-refractivity contribution in [3.05, 3.63) is 105 Å². The molecule has 0 aliphatic carbocycles. The van der Waals surface area contributed by atoms with Crippen molar-refractivity contribution in [3.63, 3.8) is 0 Å². The molecular weight excluding hydrogens is 728 g/mol. The molecule has 0 saturated carbocycles. The van der Waals surface area contributed by atoms with Gasteiger partial charge in [0.15, 0.2) is 23.0 Å². The molecule has 0 atom stereocenters. The molecule has 0 spiro atoms. The predicted molar refractivity (Wildman–Crippen MR) is 203 cm³/mol. The quantitative estimate of drug-likeness (QED) is 0.154. The first-order valence-corrected chi connectivity index (χ1v) is 17.5. The fraction of sp³-hybridized carbons (Fsp3) is 0.317. The minimum Gasteiger partial charge on any atom is -0.460 e. The third kappa shape index (κ3) is 10.9. The van der Waals surface area contributed by atoms with Crippen molar-refractivity contribution in [2.75, 3.05) is 0 Å². The Balaban J connectivity index is 0.000000214. The van der Waals surface area contributed by atoms with Crippen LogP contribution in [-0.2, 0) is 43.1 Å². The molecule has 0 amide bonds. The molecule has 1 aliphatic rings. The maximum absolute atomic E-state index is 14.4. The van der Waals surface area contributed by atoms with Crippen molar-refractivity contribution in [2.24, 2.45) is 4.99 Å². The van der Waals surface area contributed by atoms with Crippen LogP contribution in [0.2, 0.25) is 0 Å². The molecule has 1 aliphatic heterocycles. The van der Waals surface area contributed by atoms with Crippen LogP contribution in [0, 0.1) is 18.6 Å². The number of aryl methyl sites for hydroxylation is 1. The Morgan fingerprint density at radius 1 is 0.750 bits per heavy atom. The summed E-state index contributed by atoms with van der Waals surface area (Å²) in [5.41, 5.74) is 0.687. The maximum atomic E-state index is 14.4. The number of H-pyrrole nitrogens is 1. The van der Waals surface area contributed by atoms with Gasteiger partial charge in [-0.05, 0) is 84.7 Å². The molecule has 15 heteroatoms. The zero-order valence-corrected chi connectivity index (χ0v) is 32.2. The van der Waals surface area contributed by atoms with Crippen molar-refractivity contribution in [1.29, 1.82) is 0 Å². The van der Waals surface area contributed by atoms with E-state index in [1.807, 2.05) is 0 Å². The van der Waals surface area contributed by atoms with E-state index < -0.39 is 34.8 Å². The second-order valence-electron chi connectivity index (χ2n) is 14.8. The lowest BCUT2D eigenvalue weighted by atomic mass is 10.0. The highest BCUT2D eigenvalue weighted by Crippen LogP contribution is 2.34. The lowest BCUT2D eigenvalue weighted by molar-refractivity contribution is -0.155. The molecule has 0 saturated heterocycles. The van der Waals surface area contributed by atoms with E-state index in [0.717, 1.165) is 0 Å². The topological polar surface area (TPSA) is 172 Å². The summed E-state index contributed by atoms with van der Waals surface area (Å²) in [7, 11) is 0. The highest BCUT2D eigenvalue weighted by molar-refractivity contribution is 6.40. The van der Waals surface area contributed by atoms with Crippen LogP contribution in [0.1, 0.15) is 70.9 Å². The van der Waals surface area contributed by atoms with Gasteiger partial charge in [-0.1, -0.05) is 12.1 Å². The number of carbonyl (C=O) groups excluding carboxylic acids is 3. The van der Waals surface area contributed by atoms with Gasteiger partial charge in [0.2, 0.25) is 0 Å². The van der Waals surface area contributed by atoms with E-state index in [2.05, 4.69) is 24.9 Å². The molecule has 292 valence electrons. The Morgan fingerprint density at radius 3 is 1.80 bits per heavy atom. The number of pyridine rings is 2. The van der Waals surface area contributed by atoms with Gasteiger partial charge >= 0.3 is 11.9 Å². The van der Waals surface area contributed by atoms with Crippen LogP contribution in [0.4, 0.5) is 14.6 Å². The number of Topliss-reactive ketones (excluding diaryl/α,β-unsaturated/α-hetero) is 1. The van der Waals surface area contributed by atoms with Crippen molar-refractivity contribution in [2.45, 2.75) is 85.9 Å². The molecule has 2 aromatic carbocycles. The maximum Gasteiger partial charge on any atom is 0.310 e. The SMILES string of the molecule is CC1=Nc2nccc(Oc3ccc(CC(=O)OC(C)(C)C)c(F)c3)c2CC1=O.Cc1nc2c(Oc3ccc(CC(=O)OC(C)(C)C)c(F)c3)ccnc2[nH]c1=O. The number of aromatic nitrogens is 4. The first-order valence-electron chi connectivity index (χ1n) is 17.5. The fourth-order valence-corrected chi connectivity index (χ4v) is 5.26. The molecule has 3 aromatic heterocycles. The number of carbonyl (C=O) groups is 3. The van der Waals surface area contributed by atoms with Crippen LogP contribution in [0.25, 0.3) is 11.2 Å². The fourth-order valence-electron chi connectivity index (χ4n) is 5.26. The van der Waals surface area contributed by atoms with Crippen LogP contribution in [0.15, 0.2) is 70.7 Å². The van der Waals surface area contributed by atoms with Gasteiger partial charge in [0.1, 0.15) is 51.3 Å². The first-order chi connectivity index (χ1) is 26.2. The lowest BCUT2D eigenvalue weighted by Gasteiger charge is -2.19. The van der Waals surface area contributed by atoms with Crippen LogP contribution >= 0.6 is 0 Å². The molecule has 1 N–H and O–H groups in total. The number of ether oxygens (including phenoxy) is 4. The third-order valence-electron chi connectivity index (χ3n) is 7.75. The molecule has 5 aromatic rings. The number of aromatic amines is 1. The molecule has 4 heterocycles. The van der Waals surface area contributed by atoms with Crippen LogP contribution < -0.4 is 15.0 Å². The van der Waals surface area contributed by atoms with Crippen molar-refractivity contribution >= 4 is 40.4 Å². The Morgan fingerprint density at radius 2 is 1.27 bits per heavy atom. The van der Waals surface area contributed by atoms with Gasteiger partial charge in [0.05, 0.1) is 18.6 Å². The number of hydrogen-bond donors (Lipinski definition) is 1. The lowest BCUT2D eigenvalue weighted by Crippen LogP contribution is -2.25. The van der Waals surface area contributed by atoms with E-state index in [1.165, 1.54) is 36.7 Å². The van der Waals surface area contributed by atoms with Gasteiger partial charge in [0, 0.05) is 42.6 Å². The van der Waals surface area contributed by atoms with Gasteiger partial charge in [-0.15, -0.1) is 0 Å². The van der Waals surface area contributed by atoms with E-state index in [9.17, 15) is 28.0 Å². The Labute approximate surface area is 321 Å². The van der Waals surface area contributed by atoms with E-state index in [-0.39, 0.29) is 64.6 Å². The molecule has 6 rings (SSSR count). The molecule has 0 radical (unpaired) electrons. The van der Waals surface area contributed by atoms with E-state index in [1.54, 1.807) is 79.7 Å². The zero-order chi connectivity index (χ0) is 40.9. The summed E-state index contributed by atoms with van der Waals surface area (Å²) in [5, 5.41) is 0. The average Bonchev–Trinajstić information content (AvgIpc) is 3.08. The minimum absolute atomic E-state index is 0.107. The van der Waals surface area contributed by atoms with Crippen molar-refractivity contribution in [3.8, 4) is 23.0 Å². The summed E-state index contributed by atoms with van der Waals surface area (Å²) in [6.45, 7) is 13.7. The second-order valence-corrected chi connectivity index (χ2v) is 14.8. The van der Waals surface area contributed by atoms with Crippen LogP contribution in [-0.4, -0.2) is 54.6 Å². The summed E-state index contributed by atoms with van der Waals surface area (Å²) in [6.07, 6.45) is 2.76. The molecule has 0 fully saturated rings. The number of halogens is 2. The van der Waals surface area contributed by atoms with Gasteiger partial charge < -0.3 is 23.9 Å². The number of aliphatic imine (C=N–C) groups is 1. The van der Waals surface area contributed by atoms with Crippen molar-refractivity contribution in [1.82, 2.24) is 19.9 Å². The highest BCUT2D eigenvalue weighted by Gasteiger charge is 2.23. The summed E-state index contributed by atoms with van der Waals surface area (Å²) < 4.78 is 50.8. The summed E-state index contributed by atoms with van der Waals surface area (Å²) in [5.74, 6) is -0.658. The van der Waals surface area contributed by atoms with Crippen LogP contribution in [0.5, 0.6) is 23.0 Å². The largest absolute Gasteiger partial charge is 0.460 e. The number of fused-ring (bicyclic) bond motifs is 2. The zero-order valence-electron chi connectivity index (χ0n) is 32.2. The predicted octanol–water partition coefficient (Wildman–Crippen LogP) is 7.56. The highest BCUT2D eigenvalue weighted by atomic mass is 19.1. The summed E-state index contributed by atoms with van der Waals surface area (Å²) >= 11 is 0. The molecule has 0 bridgehead atoms. The summed E-state index contributed by atoms with van der Waals surface area (Å²) in [4.78, 5) is 66.6. The number of ketones is 1. The number of esters is 2. The molecule has 0 unspecified atom stereocenters.